The monoisotopic (exact) mass is 296 g/mol. The van der Waals surface area contributed by atoms with E-state index in [9.17, 15) is 0 Å². The Morgan fingerprint density at radius 2 is 1.05 bits per heavy atom. The molecule has 0 heterocycles. The number of hydrogen-bond donors (Lipinski definition) is 0. The first-order chi connectivity index (χ1) is 10.9. The Labute approximate surface area is 134 Å². The van der Waals surface area contributed by atoms with Gasteiger partial charge in [-0.05, 0) is 16.7 Å². The molecule has 0 spiro atoms. The highest BCUT2D eigenvalue weighted by Crippen LogP contribution is 2.35. The minimum absolute atomic E-state index is 0.155. The van der Waals surface area contributed by atoms with Crippen LogP contribution in [0.5, 0.6) is 0 Å². The normalized spacial score (nSPS) is 10.2. The molecular formula is C21H16Si. The molecule has 0 saturated carbocycles. The Hall–Kier alpha value is -2.47. The van der Waals surface area contributed by atoms with E-state index in [2.05, 4.69) is 100 Å². The second-order valence-corrected chi connectivity index (χ2v) is 5.41. The summed E-state index contributed by atoms with van der Waals surface area (Å²) in [5, 5.41) is 3.24. The summed E-state index contributed by atoms with van der Waals surface area (Å²) in [6.45, 7) is 0. The Bertz CT molecular complexity index is 730. The third-order valence-electron chi connectivity index (χ3n) is 3.77. The van der Waals surface area contributed by atoms with Gasteiger partial charge in [0.2, 0.25) is 0 Å². The topological polar surface area (TPSA) is 0 Å². The predicted octanol–water partition coefficient (Wildman–Crippen LogP) is 4.47. The van der Waals surface area contributed by atoms with Crippen LogP contribution in [0.2, 0.25) is 0 Å². The van der Waals surface area contributed by atoms with Gasteiger partial charge in [0, 0.05) is 11.5 Å². The first-order valence-corrected chi connectivity index (χ1v) is 7.85. The van der Waals surface area contributed by atoms with Gasteiger partial charge in [-0.15, -0.1) is 5.33 Å². The summed E-state index contributed by atoms with van der Waals surface area (Å²) in [6.07, 6.45) is 0. The van der Waals surface area contributed by atoms with Gasteiger partial charge in [-0.3, -0.25) is 0 Å². The maximum atomic E-state index is 3.51. The maximum Gasteiger partial charge on any atom is 0.103 e. The molecule has 3 aromatic rings. The summed E-state index contributed by atoms with van der Waals surface area (Å²) in [6, 6.07) is 31.5. The molecule has 1 heteroatoms. The average Bonchev–Trinajstić information content (AvgIpc) is 2.62. The molecule has 3 aromatic carbocycles. The van der Waals surface area contributed by atoms with Crippen molar-refractivity contribution in [3.8, 4) is 0 Å². The van der Waals surface area contributed by atoms with E-state index in [4.69, 9.17) is 0 Å². The molecule has 0 bridgehead atoms. The molecular weight excluding hydrogens is 280 g/mol. The van der Waals surface area contributed by atoms with Crippen LogP contribution in [0.1, 0.15) is 22.6 Å². The van der Waals surface area contributed by atoms with Gasteiger partial charge >= 0.3 is 0 Å². The molecule has 0 aliphatic carbocycles. The van der Waals surface area contributed by atoms with Crippen LogP contribution >= 0.6 is 0 Å². The van der Waals surface area contributed by atoms with E-state index < -0.39 is 0 Å². The van der Waals surface area contributed by atoms with Crippen LogP contribution in [0.4, 0.5) is 0 Å². The van der Waals surface area contributed by atoms with Crippen LogP contribution in [0, 0.1) is 0 Å². The van der Waals surface area contributed by atoms with Crippen LogP contribution in [0.25, 0.3) is 5.57 Å². The fraction of sp³-hybridized carbons (Fsp3) is 0.0476. The summed E-state index contributed by atoms with van der Waals surface area (Å²) >= 11 is 0. The van der Waals surface area contributed by atoms with E-state index in [1.165, 1.54) is 16.7 Å². The molecule has 0 amide bonds. The van der Waals surface area contributed by atoms with Gasteiger partial charge in [0.25, 0.3) is 0 Å². The number of hydrogen-bond acceptors (Lipinski definition) is 0. The molecule has 2 radical (unpaired) electrons. The molecule has 3 rings (SSSR count). The quantitative estimate of drug-likeness (QED) is 0.623. The van der Waals surface area contributed by atoms with Crippen molar-refractivity contribution in [1.82, 2.24) is 0 Å². The number of rotatable bonds is 4. The fourth-order valence-electron chi connectivity index (χ4n) is 2.75. The van der Waals surface area contributed by atoms with Gasteiger partial charge < -0.3 is 0 Å². The highest BCUT2D eigenvalue weighted by molar-refractivity contribution is 6.31. The van der Waals surface area contributed by atoms with Gasteiger partial charge in [-0.2, -0.15) is 0 Å². The van der Waals surface area contributed by atoms with Crippen LogP contribution in [0.3, 0.4) is 0 Å². The van der Waals surface area contributed by atoms with E-state index >= 15 is 0 Å². The van der Waals surface area contributed by atoms with Crippen molar-refractivity contribution in [1.29, 1.82) is 0 Å². The van der Waals surface area contributed by atoms with E-state index in [1.54, 1.807) is 0 Å². The molecule has 0 N–H and O–H groups in total. The van der Waals surface area contributed by atoms with Crippen molar-refractivity contribution in [2.45, 2.75) is 5.92 Å². The Kier molecular flexibility index (Phi) is 4.60. The van der Waals surface area contributed by atoms with Crippen molar-refractivity contribution in [3.63, 3.8) is 0 Å². The molecule has 22 heavy (non-hydrogen) atoms. The lowest BCUT2D eigenvalue weighted by molar-refractivity contribution is 1.05. The summed E-state index contributed by atoms with van der Waals surface area (Å²) in [5.74, 6) is 0.155. The minimum atomic E-state index is 0.155. The first-order valence-electron chi connectivity index (χ1n) is 7.35. The molecule has 0 fully saturated rings. The van der Waals surface area contributed by atoms with Gasteiger partial charge in [-0.1, -0.05) is 91.0 Å². The second-order valence-electron chi connectivity index (χ2n) is 5.16. The third-order valence-corrected chi connectivity index (χ3v) is 4.04. The van der Waals surface area contributed by atoms with Crippen LogP contribution < -0.4 is 0 Å². The van der Waals surface area contributed by atoms with E-state index in [1.807, 2.05) is 6.07 Å². The number of benzene rings is 3. The van der Waals surface area contributed by atoms with Crippen LogP contribution in [-0.2, 0) is 0 Å². The average molecular weight is 296 g/mol. The fourth-order valence-corrected chi connectivity index (χ4v) is 3.03. The molecule has 0 aliphatic rings. The van der Waals surface area contributed by atoms with Crippen molar-refractivity contribution >= 4 is 20.8 Å². The minimum Gasteiger partial charge on any atom is -0.149 e. The lowest BCUT2D eigenvalue weighted by Gasteiger charge is -2.21. The highest BCUT2D eigenvalue weighted by Gasteiger charge is 2.19. The van der Waals surface area contributed by atoms with Crippen LogP contribution in [-0.4, -0.2) is 15.2 Å². The molecule has 0 unspecified atom stereocenters. The first kappa shape index (κ1) is 14.5. The largest absolute Gasteiger partial charge is 0.149 e. The standard InChI is InChI=1S/C21H16Si/c22-16-20(17-10-4-1-5-11-17)21(18-12-6-2-7-13-18)19-14-8-3-9-15-19/h1-15,21H. The molecule has 0 atom stereocenters. The summed E-state index contributed by atoms with van der Waals surface area (Å²) < 4.78 is 0. The third kappa shape index (κ3) is 3.06. The van der Waals surface area contributed by atoms with E-state index in [-0.39, 0.29) is 5.92 Å². The summed E-state index contributed by atoms with van der Waals surface area (Å²) in [5.41, 5.74) is 4.83. The second kappa shape index (κ2) is 6.99. The molecule has 0 saturated heterocycles. The zero-order chi connectivity index (χ0) is 15.2. The van der Waals surface area contributed by atoms with E-state index in [0.29, 0.717) is 0 Å². The van der Waals surface area contributed by atoms with Gasteiger partial charge in [0.05, 0.1) is 0 Å². The Morgan fingerprint density at radius 3 is 1.45 bits per heavy atom. The molecule has 104 valence electrons. The SMILES string of the molecule is [Si]=C=C(c1ccccc1)C(c1ccccc1)c1ccccc1. The smallest absolute Gasteiger partial charge is 0.103 e. The highest BCUT2D eigenvalue weighted by atomic mass is 28.1. The zero-order valence-corrected chi connectivity index (χ0v) is 13.2. The Balaban J connectivity index is 2.16. The maximum absolute atomic E-state index is 3.51. The molecule has 0 nitrogen and oxygen atoms in total. The summed E-state index contributed by atoms with van der Waals surface area (Å²) in [4.78, 5) is 0. The van der Waals surface area contributed by atoms with Gasteiger partial charge in [-0.25, -0.2) is 0 Å². The number of allylic oxidation sites excluding steroid dienone is 1. The van der Waals surface area contributed by atoms with Crippen molar-refractivity contribution in [3.05, 3.63) is 108 Å². The van der Waals surface area contributed by atoms with Gasteiger partial charge in [0.1, 0.15) is 9.85 Å². The molecule has 0 aromatic heterocycles. The van der Waals surface area contributed by atoms with Gasteiger partial charge in [0.15, 0.2) is 0 Å². The lowest BCUT2D eigenvalue weighted by atomic mass is 9.82. The van der Waals surface area contributed by atoms with E-state index in [0.717, 1.165) is 5.57 Å². The van der Waals surface area contributed by atoms with Crippen molar-refractivity contribution < 1.29 is 0 Å². The lowest BCUT2D eigenvalue weighted by Crippen LogP contribution is -2.05. The zero-order valence-electron chi connectivity index (χ0n) is 12.2. The van der Waals surface area contributed by atoms with Crippen LogP contribution in [0.15, 0.2) is 91.0 Å². The Morgan fingerprint density at radius 1 is 0.636 bits per heavy atom. The summed E-state index contributed by atoms with van der Waals surface area (Å²) in [7, 11) is 3.51. The predicted molar refractivity (Wildman–Crippen MR) is 95.3 cm³/mol. The molecule has 0 aliphatic heterocycles. The van der Waals surface area contributed by atoms with Crippen molar-refractivity contribution in [2.75, 3.05) is 0 Å². The van der Waals surface area contributed by atoms with Crippen molar-refractivity contribution in [2.24, 2.45) is 0 Å².